The summed E-state index contributed by atoms with van der Waals surface area (Å²) in [5.74, 6) is -2.66. The number of amides is 2. The third-order valence-electron chi connectivity index (χ3n) is 8.66. The molecule has 43 heavy (non-hydrogen) atoms. The molecule has 0 saturated carbocycles. The summed E-state index contributed by atoms with van der Waals surface area (Å²) in [5, 5.41) is 19.0. The molecule has 10 nitrogen and oxygen atoms in total. The first-order valence-electron chi connectivity index (χ1n) is 14.1. The second-order valence-corrected chi connectivity index (χ2v) is 13.7. The summed E-state index contributed by atoms with van der Waals surface area (Å²) in [6, 6.07) is 14.9. The number of benzene rings is 2. The van der Waals surface area contributed by atoms with Crippen molar-refractivity contribution in [1.29, 1.82) is 0 Å². The van der Waals surface area contributed by atoms with Gasteiger partial charge in [-0.05, 0) is 24.1 Å². The molecule has 3 saturated heterocycles. The number of carbonyl (C=O) groups is 3. The Hall–Kier alpha value is -3.48. The van der Waals surface area contributed by atoms with Crippen LogP contribution in [0.15, 0.2) is 79.9 Å². The molecule has 1 aromatic heterocycles. The van der Waals surface area contributed by atoms with E-state index in [4.69, 9.17) is 4.74 Å². The fourth-order valence-corrected chi connectivity index (χ4v) is 10.5. The lowest BCUT2D eigenvalue weighted by atomic mass is 9.71. The van der Waals surface area contributed by atoms with Crippen molar-refractivity contribution in [3.05, 3.63) is 85.5 Å². The average Bonchev–Trinajstić information content (AvgIpc) is 3.74. The van der Waals surface area contributed by atoms with Gasteiger partial charge in [-0.25, -0.2) is 4.68 Å². The third kappa shape index (κ3) is 4.79. The Balaban J connectivity index is 1.45. The van der Waals surface area contributed by atoms with E-state index >= 15 is 0 Å². The van der Waals surface area contributed by atoms with E-state index in [0.717, 1.165) is 5.52 Å². The lowest BCUT2D eigenvalue weighted by Crippen LogP contribution is -2.56. The lowest BCUT2D eigenvalue weighted by molar-refractivity contribution is -0.153. The first-order chi connectivity index (χ1) is 20.9. The van der Waals surface area contributed by atoms with Gasteiger partial charge in [0.1, 0.15) is 24.8 Å². The van der Waals surface area contributed by atoms with Crippen LogP contribution in [0.1, 0.15) is 18.0 Å². The molecule has 224 valence electrons. The standard InChI is InChI=1S/C31H32BrN5O5S/c1-3-14-35(18-36-22-13-9-8-12-21(22)33-34-36)29(40)27-31-16-20(32)26(43-31)24(30(41)42-15-4-2)25(31)28(39)37(27)23(17-38)19-10-6-5-7-11-19/h3-13,20,23-27,38H,1-2,14-18H2/t20?,23-,24-,25+,26-,27?,31?/m1/s1. The Kier molecular flexibility index (Phi) is 8.18. The summed E-state index contributed by atoms with van der Waals surface area (Å²) in [6.45, 7) is 7.43. The number of likely N-dealkylation sites (tertiary alicyclic amines) is 1. The number of nitrogens with zero attached hydrogens (tertiary/aromatic N) is 5. The molecule has 2 amide bonds. The van der Waals surface area contributed by atoms with Gasteiger partial charge in [0.15, 0.2) is 0 Å². The van der Waals surface area contributed by atoms with Gasteiger partial charge in [-0.1, -0.05) is 82.3 Å². The van der Waals surface area contributed by atoms with Crippen LogP contribution >= 0.6 is 27.7 Å². The highest BCUT2D eigenvalue weighted by molar-refractivity contribution is 9.09. The zero-order valence-electron chi connectivity index (χ0n) is 23.4. The van der Waals surface area contributed by atoms with Gasteiger partial charge < -0.3 is 19.6 Å². The van der Waals surface area contributed by atoms with Gasteiger partial charge in [0.25, 0.3) is 0 Å². The van der Waals surface area contributed by atoms with E-state index in [0.29, 0.717) is 17.5 Å². The van der Waals surface area contributed by atoms with Gasteiger partial charge >= 0.3 is 5.97 Å². The molecule has 3 fully saturated rings. The molecule has 4 heterocycles. The number of aromatic nitrogens is 3. The maximum Gasteiger partial charge on any atom is 0.311 e. The van der Waals surface area contributed by atoms with Crippen molar-refractivity contribution < 1.29 is 24.2 Å². The maximum absolute atomic E-state index is 14.9. The zero-order chi connectivity index (χ0) is 30.3. The van der Waals surface area contributed by atoms with E-state index in [9.17, 15) is 19.5 Å². The highest BCUT2D eigenvalue weighted by atomic mass is 79.9. The first-order valence-corrected chi connectivity index (χ1v) is 15.9. The van der Waals surface area contributed by atoms with E-state index < -0.39 is 41.2 Å². The van der Waals surface area contributed by atoms with E-state index in [2.05, 4.69) is 39.4 Å². The number of esters is 1. The fourth-order valence-electron chi connectivity index (χ4n) is 6.95. The number of hydrogen-bond donors (Lipinski definition) is 1. The Bertz CT molecular complexity index is 1570. The molecule has 1 spiro atoms. The van der Waals surface area contributed by atoms with Crippen molar-refractivity contribution >= 4 is 56.5 Å². The van der Waals surface area contributed by atoms with E-state index in [-0.39, 0.29) is 41.7 Å². The Morgan fingerprint density at radius 1 is 1.19 bits per heavy atom. The van der Waals surface area contributed by atoms with Crippen LogP contribution in [-0.2, 0) is 25.8 Å². The van der Waals surface area contributed by atoms with E-state index in [1.54, 1.807) is 15.7 Å². The minimum Gasteiger partial charge on any atom is -0.461 e. The molecule has 3 aliphatic heterocycles. The van der Waals surface area contributed by atoms with Crippen LogP contribution in [-0.4, -0.2) is 88.3 Å². The number of halogens is 1. The highest BCUT2D eigenvalue weighted by Gasteiger charge is 2.76. The van der Waals surface area contributed by atoms with Crippen molar-refractivity contribution in [2.24, 2.45) is 11.8 Å². The topological polar surface area (TPSA) is 118 Å². The number of alkyl halides is 1. The molecular weight excluding hydrogens is 634 g/mol. The SMILES string of the molecule is C=CCOC(=O)[C@H]1[C@@H]2SC3(CC2Br)C(C(=O)N(CC=C)Cn2nnc4ccccc42)N([C@H](CO)c2ccccc2)C(=O)[C@H]13. The Morgan fingerprint density at radius 2 is 1.93 bits per heavy atom. The highest BCUT2D eigenvalue weighted by Crippen LogP contribution is 2.68. The zero-order valence-corrected chi connectivity index (χ0v) is 25.8. The summed E-state index contributed by atoms with van der Waals surface area (Å²) in [5.41, 5.74) is 2.16. The van der Waals surface area contributed by atoms with Crippen LogP contribution in [0.4, 0.5) is 0 Å². The number of hydrogen-bond acceptors (Lipinski definition) is 8. The molecule has 2 aromatic carbocycles. The quantitative estimate of drug-likeness (QED) is 0.188. The first kappa shape index (κ1) is 29.6. The smallest absolute Gasteiger partial charge is 0.311 e. The predicted molar refractivity (Wildman–Crippen MR) is 166 cm³/mol. The van der Waals surface area contributed by atoms with Crippen LogP contribution < -0.4 is 0 Å². The van der Waals surface area contributed by atoms with E-state index in [1.165, 1.54) is 22.7 Å². The largest absolute Gasteiger partial charge is 0.461 e. The van der Waals surface area contributed by atoms with Gasteiger partial charge in [-0.3, -0.25) is 14.4 Å². The number of ether oxygens (including phenoxy) is 1. The molecule has 7 atom stereocenters. The van der Waals surface area contributed by atoms with Crippen LogP contribution in [0.2, 0.25) is 0 Å². The molecule has 3 unspecified atom stereocenters. The van der Waals surface area contributed by atoms with Crippen molar-refractivity contribution in [2.75, 3.05) is 19.8 Å². The Morgan fingerprint density at radius 3 is 2.65 bits per heavy atom. The third-order valence-corrected chi connectivity index (χ3v) is 11.9. The van der Waals surface area contributed by atoms with Crippen LogP contribution in [0, 0.1) is 11.8 Å². The number of rotatable bonds is 11. The lowest BCUT2D eigenvalue weighted by Gasteiger charge is -2.40. The van der Waals surface area contributed by atoms with Gasteiger partial charge in [0.05, 0.1) is 34.7 Å². The number of aliphatic hydroxyl groups excluding tert-OH is 1. The average molecular weight is 667 g/mol. The van der Waals surface area contributed by atoms with Gasteiger partial charge in [0.2, 0.25) is 11.8 Å². The Labute approximate surface area is 261 Å². The number of fused-ring (bicyclic) bond motifs is 2. The normalized spacial score (nSPS) is 28.1. The molecule has 1 N–H and O–H groups in total. The van der Waals surface area contributed by atoms with Gasteiger partial charge in [0, 0.05) is 16.6 Å². The fraction of sp³-hybridized carbons (Fsp3) is 0.387. The molecule has 12 heteroatoms. The van der Waals surface area contributed by atoms with E-state index in [1.807, 2.05) is 54.6 Å². The number of thioether (sulfide) groups is 1. The number of aliphatic hydroxyl groups is 1. The van der Waals surface area contributed by atoms with Crippen LogP contribution in [0.5, 0.6) is 0 Å². The van der Waals surface area contributed by atoms with Crippen molar-refractivity contribution in [1.82, 2.24) is 24.8 Å². The van der Waals surface area contributed by atoms with Crippen molar-refractivity contribution in [2.45, 2.75) is 40.0 Å². The maximum atomic E-state index is 14.9. The second kappa shape index (κ2) is 11.9. The van der Waals surface area contributed by atoms with Crippen molar-refractivity contribution in [3.8, 4) is 0 Å². The summed E-state index contributed by atoms with van der Waals surface area (Å²) >= 11 is 5.29. The number of para-hydroxylation sites is 1. The molecule has 2 bridgehead atoms. The summed E-state index contributed by atoms with van der Waals surface area (Å²) in [4.78, 5) is 45.9. The minimum absolute atomic E-state index is 0.0297. The van der Waals surface area contributed by atoms with Crippen LogP contribution in [0.25, 0.3) is 11.0 Å². The summed E-state index contributed by atoms with van der Waals surface area (Å²) < 4.78 is 6.22. The van der Waals surface area contributed by atoms with Crippen LogP contribution in [0.3, 0.4) is 0 Å². The molecular formula is C31H32BrN5O5S. The molecule has 0 aliphatic carbocycles. The monoisotopic (exact) mass is 665 g/mol. The molecule has 3 aromatic rings. The van der Waals surface area contributed by atoms with Gasteiger partial charge in [-0.15, -0.1) is 23.4 Å². The summed E-state index contributed by atoms with van der Waals surface area (Å²) in [6.07, 6.45) is 3.63. The number of carbonyl (C=O) groups excluding carboxylic acids is 3. The van der Waals surface area contributed by atoms with Crippen molar-refractivity contribution in [3.63, 3.8) is 0 Å². The predicted octanol–water partition coefficient (Wildman–Crippen LogP) is 3.33. The minimum atomic E-state index is -0.968. The van der Waals surface area contributed by atoms with Gasteiger partial charge in [-0.2, -0.15) is 0 Å². The second-order valence-electron chi connectivity index (χ2n) is 11.0. The summed E-state index contributed by atoms with van der Waals surface area (Å²) in [7, 11) is 0. The molecule has 0 radical (unpaired) electrons. The molecule has 6 rings (SSSR count). The molecule has 3 aliphatic rings.